The number of hydrogen-bond acceptors (Lipinski definition) is 1. The largest absolute Gasteiger partial charge is 0.179 e. The molecule has 0 rings (SSSR count). The lowest BCUT2D eigenvalue weighted by atomic mass is 9.91. The number of hydrogen-bond donors (Lipinski definition) is 1. The summed E-state index contributed by atoms with van der Waals surface area (Å²) in [5.41, 5.74) is 0. The maximum atomic E-state index is 4.40. The average Bonchev–Trinajstić information content (AvgIpc) is 2.11. The van der Waals surface area contributed by atoms with Gasteiger partial charge in [-0.05, 0) is 30.4 Å². The van der Waals surface area contributed by atoms with Crippen LogP contribution in [0.5, 0.6) is 0 Å². The van der Waals surface area contributed by atoms with Gasteiger partial charge in [-0.1, -0.05) is 40.0 Å². The molecule has 0 radical (unpaired) electrons. The Morgan fingerprint density at radius 2 is 1.92 bits per heavy atom. The lowest BCUT2D eigenvalue weighted by Gasteiger charge is -2.17. The quantitative estimate of drug-likeness (QED) is 0.570. The third-order valence-corrected chi connectivity index (χ3v) is 3.17. The van der Waals surface area contributed by atoms with Crippen molar-refractivity contribution >= 4 is 12.6 Å². The zero-order valence-electron chi connectivity index (χ0n) is 8.84. The van der Waals surface area contributed by atoms with Gasteiger partial charge in [0, 0.05) is 0 Å². The topological polar surface area (TPSA) is 0 Å². The van der Waals surface area contributed by atoms with E-state index in [1.165, 1.54) is 32.1 Å². The standard InChI is InChI=1S/C11H24S/c1-4-6-7-11(9-12)8-10(3)5-2/h10-12H,4-9H2,1-3H3. The summed E-state index contributed by atoms with van der Waals surface area (Å²) in [5, 5.41) is 0. The summed E-state index contributed by atoms with van der Waals surface area (Å²) < 4.78 is 0. The molecule has 0 aliphatic carbocycles. The third-order valence-electron chi connectivity index (χ3n) is 2.66. The van der Waals surface area contributed by atoms with E-state index in [1.807, 2.05) is 0 Å². The molecule has 2 unspecified atom stereocenters. The minimum atomic E-state index is 0.864. The fourth-order valence-corrected chi connectivity index (χ4v) is 1.84. The Labute approximate surface area is 83.5 Å². The van der Waals surface area contributed by atoms with Gasteiger partial charge < -0.3 is 0 Å². The smallest absolute Gasteiger partial charge is 0.00694 e. The van der Waals surface area contributed by atoms with Crippen molar-refractivity contribution in [3.63, 3.8) is 0 Å². The highest BCUT2D eigenvalue weighted by molar-refractivity contribution is 7.80. The van der Waals surface area contributed by atoms with Crippen LogP contribution in [-0.2, 0) is 0 Å². The van der Waals surface area contributed by atoms with E-state index in [2.05, 4.69) is 33.4 Å². The first-order chi connectivity index (χ1) is 5.74. The van der Waals surface area contributed by atoms with Crippen LogP contribution in [0.3, 0.4) is 0 Å². The number of rotatable bonds is 7. The van der Waals surface area contributed by atoms with E-state index in [9.17, 15) is 0 Å². The average molecular weight is 188 g/mol. The SMILES string of the molecule is CCCCC(CS)CC(C)CC. The van der Waals surface area contributed by atoms with Crippen molar-refractivity contribution in [3.8, 4) is 0 Å². The van der Waals surface area contributed by atoms with Gasteiger partial charge in [0.25, 0.3) is 0 Å². The summed E-state index contributed by atoms with van der Waals surface area (Å²) in [6, 6.07) is 0. The zero-order chi connectivity index (χ0) is 9.40. The lowest BCUT2D eigenvalue weighted by Crippen LogP contribution is -2.07. The monoisotopic (exact) mass is 188 g/mol. The highest BCUT2D eigenvalue weighted by Gasteiger charge is 2.09. The molecule has 0 N–H and O–H groups in total. The first kappa shape index (κ1) is 12.3. The van der Waals surface area contributed by atoms with Crippen LogP contribution in [0.15, 0.2) is 0 Å². The van der Waals surface area contributed by atoms with E-state index >= 15 is 0 Å². The molecule has 0 aliphatic heterocycles. The van der Waals surface area contributed by atoms with Gasteiger partial charge in [-0.2, -0.15) is 12.6 Å². The Hall–Kier alpha value is 0.350. The molecular formula is C11H24S. The predicted octanol–water partition coefficient (Wildman–Crippen LogP) is 4.16. The summed E-state index contributed by atoms with van der Waals surface area (Å²) in [5.74, 6) is 2.83. The lowest BCUT2D eigenvalue weighted by molar-refractivity contribution is 0.384. The van der Waals surface area contributed by atoms with Crippen LogP contribution < -0.4 is 0 Å². The van der Waals surface area contributed by atoms with Crippen molar-refractivity contribution in [1.82, 2.24) is 0 Å². The highest BCUT2D eigenvalue weighted by Crippen LogP contribution is 2.21. The normalized spacial score (nSPS) is 16.0. The molecule has 0 amide bonds. The molecule has 0 spiro atoms. The number of thiol groups is 1. The van der Waals surface area contributed by atoms with Crippen molar-refractivity contribution in [2.45, 2.75) is 52.9 Å². The Kier molecular flexibility index (Phi) is 8.20. The van der Waals surface area contributed by atoms with E-state index < -0.39 is 0 Å². The molecule has 0 aliphatic rings. The zero-order valence-corrected chi connectivity index (χ0v) is 9.74. The first-order valence-electron chi connectivity index (χ1n) is 5.35. The van der Waals surface area contributed by atoms with Crippen LogP contribution in [0.2, 0.25) is 0 Å². The Morgan fingerprint density at radius 3 is 2.33 bits per heavy atom. The fraction of sp³-hybridized carbons (Fsp3) is 1.00. The van der Waals surface area contributed by atoms with Gasteiger partial charge >= 0.3 is 0 Å². The molecule has 1 heteroatoms. The van der Waals surface area contributed by atoms with Crippen LogP contribution in [0, 0.1) is 11.8 Å². The second kappa shape index (κ2) is 7.97. The van der Waals surface area contributed by atoms with Crippen molar-refractivity contribution in [1.29, 1.82) is 0 Å². The second-order valence-corrected chi connectivity index (χ2v) is 4.31. The third kappa shape index (κ3) is 5.93. The van der Waals surface area contributed by atoms with Gasteiger partial charge in [0.15, 0.2) is 0 Å². The van der Waals surface area contributed by atoms with Crippen molar-refractivity contribution in [2.24, 2.45) is 11.8 Å². The van der Waals surface area contributed by atoms with Gasteiger partial charge in [0.05, 0.1) is 0 Å². The molecule has 0 bridgehead atoms. The van der Waals surface area contributed by atoms with Crippen LogP contribution in [0.4, 0.5) is 0 Å². The molecule has 0 fully saturated rings. The van der Waals surface area contributed by atoms with Gasteiger partial charge in [-0.15, -0.1) is 0 Å². The maximum absolute atomic E-state index is 4.40. The molecular weight excluding hydrogens is 164 g/mol. The van der Waals surface area contributed by atoms with E-state index in [-0.39, 0.29) is 0 Å². The predicted molar refractivity (Wildman–Crippen MR) is 60.9 cm³/mol. The van der Waals surface area contributed by atoms with Gasteiger partial charge in [-0.25, -0.2) is 0 Å². The minimum Gasteiger partial charge on any atom is -0.179 e. The summed E-state index contributed by atoms with van der Waals surface area (Å²) >= 11 is 4.40. The van der Waals surface area contributed by atoms with E-state index in [4.69, 9.17) is 0 Å². The molecule has 0 saturated heterocycles. The van der Waals surface area contributed by atoms with Gasteiger partial charge in [0.2, 0.25) is 0 Å². The van der Waals surface area contributed by atoms with Gasteiger partial charge in [0.1, 0.15) is 0 Å². The van der Waals surface area contributed by atoms with Crippen LogP contribution in [0.1, 0.15) is 52.9 Å². The molecule has 0 saturated carbocycles. The van der Waals surface area contributed by atoms with Crippen LogP contribution in [0.25, 0.3) is 0 Å². The number of unbranched alkanes of at least 4 members (excludes halogenated alkanes) is 1. The van der Waals surface area contributed by atoms with Crippen molar-refractivity contribution in [3.05, 3.63) is 0 Å². The summed E-state index contributed by atoms with van der Waals surface area (Å²) in [6.45, 7) is 6.89. The van der Waals surface area contributed by atoms with Crippen LogP contribution >= 0.6 is 12.6 Å². The molecule has 0 aromatic carbocycles. The molecule has 0 heterocycles. The maximum Gasteiger partial charge on any atom is -0.00694 e. The summed E-state index contributed by atoms with van der Waals surface area (Å²) in [6.07, 6.45) is 6.77. The molecule has 2 atom stereocenters. The van der Waals surface area contributed by atoms with E-state index in [0.29, 0.717) is 0 Å². The van der Waals surface area contributed by atoms with E-state index in [0.717, 1.165) is 17.6 Å². The van der Waals surface area contributed by atoms with Crippen LogP contribution in [-0.4, -0.2) is 5.75 Å². The molecule has 0 aromatic rings. The molecule has 0 aromatic heterocycles. The fourth-order valence-electron chi connectivity index (χ4n) is 1.51. The van der Waals surface area contributed by atoms with Gasteiger partial charge in [-0.3, -0.25) is 0 Å². The van der Waals surface area contributed by atoms with E-state index in [1.54, 1.807) is 0 Å². The molecule has 0 nitrogen and oxygen atoms in total. The second-order valence-electron chi connectivity index (χ2n) is 3.94. The Bertz CT molecular complexity index is 91.0. The Balaban J connectivity index is 3.51. The molecule has 74 valence electrons. The summed E-state index contributed by atoms with van der Waals surface area (Å²) in [7, 11) is 0. The highest BCUT2D eigenvalue weighted by atomic mass is 32.1. The first-order valence-corrected chi connectivity index (χ1v) is 5.98. The molecule has 12 heavy (non-hydrogen) atoms. The van der Waals surface area contributed by atoms with Crippen molar-refractivity contribution < 1.29 is 0 Å². The van der Waals surface area contributed by atoms with Crippen molar-refractivity contribution in [2.75, 3.05) is 5.75 Å². The minimum absolute atomic E-state index is 0.864. The summed E-state index contributed by atoms with van der Waals surface area (Å²) in [4.78, 5) is 0. The Morgan fingerprint density at radius 1 is 1.25 bits per heavy atom.